The molecule has 0 aliphatic heterocycles. The van der Waals surface area contributed by atoms with Crippen molar-refractivity contribution >= 4 is 34.6 Å². The van der Waals surface area contributed by atoms with E-state index in [9.17, 15) is 4.79 Å². The van der Waals surface area contributed by atoms with Crippen molar-refractivity contribution in [3.63, 3.8) is 0 Å². The van der Waals surface area contributed by atoms with E-state index in [2.05, 4.69) is 0 Å². The first kappa shape index (κ1) is 24.4. The summed E-state index contributed by atoms with van der Waals surface area (Å²) in [5.74, 6) is -0.309. The molecule has 0 amide bonds. The molecule has 0 unspecified atom stereocenters. The standard InChI is InChI=1S/C19H19O3.C3H7.Mg/c1-3-22-19(20)18-11-9-16(10-12-18)14-21-13-15(2)17-7-5-4-6-8-17;1-3-2;/h2,4-12H,3,13-14H2,1H3;3H,1-2H3;/q2*-1;+2. The minimum Gasteiger partial charge on any atom is -0.462 e. The average Bonchev–Trinajstić information content (AvgIpc) is 2.64. The summed E-state index contributed by atoms with van der Waals surface area (Å²) in [4.78, 5) is 11.5. The summed E-state index contributed by atoms with van der Waals surface area (Å²) in [6.07, 6.45) is 2.00. The van der Waals surface area contributed by atoms with Crippen LogP contribution in [0.25, 0.3) is 5.57 Å². The Labute approximate surface area is 173 Å². The molecule has 0 atom stereocenters. The van der Waals surface area contributed by atoms with E-state index in [-0.39, 0.29) is 29.0 Å². The molecule has 0 aromatic heterocycles. The molecule has 0 fully saturated rings. The zero-order valence-electron chi connectivity index (χ0n) is 15.9. The van der Waals surface area contributed by atoms with E-state index < -0.39 is 0 Å². The number of ether oxygens (including phenoxy) is 2. The van der Waals surface area contributed by atoms with Gasteiger partial charge in [-0.25, -0.2) is 4.79 Å². The summed E-state index contributed by atoms with van der Waals surface area (Å²) in [6, 6.07) is 16.9. The van der Waals surface area contributed by atoms with Crippen molar-refractivity contribution in [3.8, 4) is 0 Å². The van der Waals surface area contributed by atoms with Crippen LogP contribution in [-0.2, 0) is 16.1 Å². The number of carbonyl (C=O) groups is 1. The summed E-state index contributed by atoms with van der Waals surface area (Å²) in [5.41, 5.74) is 3.19. The van der Waals surface area contributed by atoms with Gasteiger partial charge in [0.05, 0.1) is 18.8 Å². The summed E-state index contributed by atoms with van der Waals surface area (Å²) >= 11 is 0. The molecule has 0 aliphatic rings. The predicted octanol–water partition coefficient (Wildman–Crippen LogP) is 4.75. The van der Waals surface area contributed by atoms with Gasteiger partial charge in [0.25, 0.3) is 0 Å². The van der Waals surface area contributed by atoms with E-state index in [0.717, 1.165) is 11.1 Å². The maximum Gasteiger partial charge on any atom is 2.00 e. The summed E-state index contributed by atoms with van der Waals surface area (Å²) in [6.45, 7) is 13.0. The second-order valence-corrected chi connectivity index (χ2v) is 5.38. The zero-order chi connectivity index (χ0) is 18.5. The summed E-state index contributed by atoms with van der Waals surface area (Å²) in [5, 5.41) is 0. The maximum atomic E-state index is 11.5. The van der Waals surface area contributed by atoms with Gasteiger partial charge in [-0.15, -0.1) is 12.1 Å². The molecule has 4 heteroatoms. The van der Waals surface area contributed by atoms with E-state index in [0.29, 0.717) is 31.0 Å². The molecule has 0 aliphatic carbocycles. The Morgan fingerprint density at radius 1 is 1.00 bits per heavy atom. The Hall–Kier alpha value is -1.62. The molecule has 0 heterocycles. The van der Waals surface area contributed by atoms with Gasteiger partial charge in [-0.05, 0) is 24.6 Å². The first-order chi connectivity index (χ1) is 12.1. The smallest absolute Gasteiger partial charge is 0.462 e. The van der Waals surface area contributed by atoms with Gasteiger partial charge in [0.2, 0.25) is 0 Å². The molecular weight excluding hydrogens is 337 g/mol. The van der Waals surface area contributed by atoms with Crippen LogP contribution in [-0.4, -0.2) is 42.2 Å². The van der Waals surface area contributed by atoms with Gasteiger partial charge < -0.3 is 15.9 Å². The molecule has 0 spiro atoms. The number of hydrogen-bond acceptors (Lipinski definition) is 3. The van der Waals surface area contributed by atoms with Crippen molar-refractivity contribution < 1.29 is 14.3 Å². The second-order valence-electron chi connectivity index (χ2n) is 5.38. The zero-order valence-corrected chi connectivity index (χ0v) is 17.3. The van der Waals surface area contributed by atoms with Gasteiger partial charge in [-0.2, -0.15) is 25.0 Å². The van der Waals surface area contributed by atoms with E-state index in [1.54, 1.807) is 19.1 Å². The van der Waals surface area contributed by atoms with Crippen molar-refractivity contribution in [1.29, 1.82) is 0 Å². The van der Waals surface area contributed by atoms with Crippen LogP contribution in [0, 0.1) is 13.0 Å². The third-order valence-electron chi connectivity index (χ3n) is 3.14. The molecule has 2 aromatic carbocycles. The quantitative estimate of drug-likeness (QED) is 0.405. The van der Waals surface area contributed by atoms with E-state index >= 15 is 0 Å². The molecule has 0 radical (unpaired) electrons. The molecule has 2 rings (SSSR count). The average molecular weight is 363 g/mol. The van der Waals surface area contributed by atoms with Crippen molar-refractivity contribution in [2.75, 3.05) is 13.2 Å². The molecular formula is C22H26MgO3. The second kappa shape index (κ2) is 14.5. The number of esters is 1. The normalized spacial score (nSPS) is 9.35. The number of carbonyl (C=O) groups excluding carboxylic acids is 1. The van der Waals surface area contributed by atoms with Crippen molar-refractivity contribution in [1.82, 2.24) is 0 Å². The van der Waals surface area contributed by atoms with E-state index in [4.69, 9.17) is 16.1 Å². The van der Waals surface area contributed by atoms with Gasteiger partial charge in [0, 0.05) is 6.61 Å². The molecule has 0 saturated heterocycles. The van der Waals surface area contributed by atoms with Crippen LogP contribution in [0.2, 0.25) is 0 Å². The van der Waals surface area contributed by atoms with Crippen molar-refractivity contribution in [2.45, 2.75) is 27.4 Å². The van der Waals surface area contributed by atoms with Crippen LogP contribution >= 0.6 is 0 Å². The van der Waals surface area contributed by atoms with Gasteiger partial charge in [0.1, 0.15) is 0 Å². The predicted molar refractivity (Wildman–Crippen MR) is 108 cm³/mol. The molecule has 3 nitrogen and oxygen atoms in total. The van der Waals surface area contributed by atoms with E-state index in [1.165, 1.54) is 0 Å². The Kier molecular flexibility index (Phi) is 13.6. The first-order valence-electron chi connectivity index (χ1n) is 8.36. The topological polar surface area (TPSA) is 35.5 Å². The fraction of sp³-hybridized carbons (Fsp3) is 0.273. The first-order valence-corrected chi connectivity index (χ1v) is 8.36. The fourth-order valence-electron chi connectivity index (χ4n) is 1.97. The third-order valence-corrected chi connectivity index (χ3v) is 3.14. The van der Waals surface area contributed by atoms with Crippen LogP contribution in [0.3, 0.4) is 0 Å². The van der Waals surface area contributed by atoms with Gasteiger partial charge in [0.15, 0.2) is 0 Å². The fourth-order valence-corrected chi connectivity index (χ4v) is 1.97. The minimum absolute atomic E-state index is 0. The van der Waals surface area contributed by atoms with Crippen LogP contribution in [0.1, 0.15) is 42.3 Å². The monoisotopic (exact) mass is 362 g/mol. The largest absolute Gasteiger partial charge is 2.00 e. The molecule has 0 bridgehead atoms. The van der Waals surface area contributed by atoms with Gasteiger partial charge >= 0.3 is 29.0 Å². The van der Waals surface area contributed by atoms with Crippen molar-refractivity contribution in [3.05, 3.63) is 84.3 Å². The Morgan fingerprint density at radius 2 is 1.58 bits per heavy atom. The summed E-state index contributed by atoms with van der Waals surface area (Å²) in [7, 11) is 0. The van der Waals surface area contributed by atoms with Crippen LogP contribution < -0.4 is 0 Å². The summed E-state index contributed by atoms with van der Waals surface area (Å²) < 4.78 is 10.5. The Balaban J connectivity index is 0.00000146. The number of rotatable bonds is 7. The maximum absolute atomic E-state index is 11.5. The molecule has 134 valence electrons. The Morgan fingerprint density at radius 3 is 2.12 bits per heavy atom. The molecule has 2 aromatic rings. The van der Waals surface area contributed by atoms with Crippen LogP contribution in [0.5, 0.6) is 0 Å². The number of hydrogen-bond donors (Lipinski definition) is 0. The van der Waals surface area contributed by atoms with Crippen LogP contribution in [0.15, 0.2) is 54.6 Å². The molecule has 0 N–H and O–H groups in total. The van der Waals surface area contributed by atoms with Crippen molar-refractivity contribution in [2.24, 2.45) is 0 Å². The SMILES string of the molecule is C[CH-]C.[CH-]=C(COCc1ccc(C(=O)OCC)cc1)c1ccccc1.[Mg+2]. The van der Waals surface area contributed by atoms with Gasteiger partial charge in [-0.3, -0.25) is 6.58 Å². The molecule has 26 heavy (non-hydrogen) atoms. The van der Waals surface area contributed by atoms with Crippen LogP contribution in [0.4, 0.5) is 0 Å². The Bertz CT molecular complexity index is 636. The molecule has 0 saturated carbocycles. The third kappa shape index (κ3) is 9.18. The van der Waals surface area contributed by atoms with Gasteiger partial charge in [-0.1, -0.05) is 30.3 Å². The van der Waals surface area contributed by atoms with E-state index in [1.807, 2.05) is 62.7 Å². The minimum atomic E-state index is -0.309. The number of benzene rings is 2.